The van der Waals surface area contributed by atoms with Crippen LogP contribution in [0.4, 0.5) is 0 Å². The zero-order valence-electron chi connectivity index (χ0n) is 30.8. The molecule has 0 aromatic carbocycles. The first-order chi connectivity index (χ1) is 24.7. The summed E-state index contributed by atoms with van der Waals surface area (Å²) in [6, 6.07) is 0. The van der Waals surface area contributed by atoms with Gasteiger partial charge in [-0.25, -0.2) is 19.9 Å². The molecule has 4 rings (SSSR count). The summed E-state index contributed by atoms with van der Waals surface area (Å²) < 4.78 is 0. The van der Waals surface area contributed by atoms with E-state index < -0.39 is 0 Å². The van der Waals surface area contributed by atoms with Crippen LogP contribution >= 0.6 is 45.3 Å². The quantitative estimate of drug-likeness (QED) is 0.0543. The van der Waals surface area contributed by atoms with Gasteiger partial charge in [0.05, 0.1) is 0 Å². The summed E-state index contributed by atoms with van der Waals surface area (Å²) in [5.41, 5.74) is 0. The third-order valence-electron chi connectivity index (χ3n) is 8.93. The van der Waals surface area contributed by atoms with Crippen LogP contribution in [-0.4, -0.2) is 19.9 Å². The van der Waals surface area contributed by atoms with E-state index in [1.54, 1.807) is 22.7 Å². The smallest absolute Gasteiger partial charge is 0.116 e. The summed E-state index contributed by atoms with van der Waals surface area (Å²) in [5, 5.41) is 4.13. The highest BCUT2D eigenvalue weighted by Crippen LogP contribution is 2.24. The van der Waals surface area contributed by atoms with Gasteiger partial charge in [0.15, 0.2) is 0 Å². The lowest BCUT2D eigenvalue weighted by Gasteiger charge is -2.01. The van der Waals surface area contributed by atoms with Crippen molar-refractivity contribution < 1.29 is 0 Å². The van der Waals surface area contributed by atoms with Gasteiger partial charge in [-0.05, 0) is 62.1 Å². The Kier molecular flexibility index (Phi) is 20.8. The molecular weight excluding hydrogens is 689 g/mol. The van der Waals surface area contributed by atoms with Crippen molar-refractivity contribution in [3.8, 4) is 0 Å². The SMILES string of the molecule is CCCCCCCCCCCCc1cnc(C=Cc2ncc(C=Cc3cnc(C=Cc4ncc(CCCCCCCCCCCC)s4)s3)s2)s1. The Hall–Kier alpha value is -2.26. The van der Waals surface area contributed by atoms with E-state index in [1.165, 1.54) is 138 Å². The molecule has 4 heterocycles. The highest BCUT2D eigenvalue weighted by Gasteiger charge is 2.04. The first-order valence-corrected chi connectivity index (χ1v) is 22.8. The molecule has 0 aliphatic carbocycles. The van der Waals surface area contributed by atoms with E-state index in [4.69, 9.17) is 0 Å². The van der Waals surface area contributed by atoms with Crippen molar-refractivity contribution in [3.63, 3.8) is 0 Å². The van der Waals surface area contributed by atoms with E-state index in [-0.39, 0.29) is 0 Å². The highest BCUT2D eigenvalue weighted by atomic mass is 32.1. The fourth-order valence-electron chi connectivity index (χ4n) is 5.96. The van der Waals surface area contributed by atoms with Crippen molar-refractivity contribution in [2.24, 2.45) is 0 Å². The van der Waals surface area contributed by atoms with E-state index in [0.29, 0.717) is 0 Å². The van der Waals surface area contributed by atoms with Crippen molar-refractivity contribution in [1.29, 1.82) is 0 Å². The molecule has 0 amide bonds. The van der Waals surface area contributed by atoms with Crippen LogP contribution in [0.3, 0.4) is 0 Å². The van der Waals surface area contributed by atoms with Crippen molar-refractivity contribution in [3.05, 3.63) is 64.3 Å². The van der Waals surface area contributed by atoms with Crippen molar-refractivity contribution in [1.82, 2.24) is 19.9 Å². The maximum Gasteiger partial charge on any atom is 0.116 e. The Morgan fingerprint density at radius 1 is 0.360 bits per heavy atom. The van der Waals surface area contributed by atoms with Gasteiger partial charge >= 0.3 is 0 Å². The summed E-state index contributed by atoms with van der Waals surface area (Å²) in [6.45, 7) is 4.57. The maximum atomic E-state index is 4.63. The molecule has 4 aromatic heterocycles. The van der Waals surface area contributed by atoms with Gasteiger partial charge in [-0.15, -0.1) is 45.3 Å². The molecule has 4 nitrogen and oxygen atoms in total. The fourth-order valence-corrected chi connectivity index (χ4v) is 9.14. The first-order valence-electron chi connectivity index (χ1n) is 19.6. The molecule has 272 valence electrons. The van der Waals surface area contributed by atoms with Crippen LogP contribution in [0.2, 0.25) is 0 Å². The Balaban J connectivity index is 1.09. The second kappa shape index (κ2) is 25.7. The number of hydrogen-bond acceptors (Lipinski definition) is 8. The van der Waals surface area contributed by atoms with Crippen LogP contribution in [-0.2, 0) is 12.8 Å². The van der Waals surface area contributed by atoms with Gasteiger partial charge in [0.2, 0.25) is 0 Å². The Labute approximate surface area is 319 Å². The molecule has 4 aromatic rings. The lowest BCUT2D eigenvalue weighted by Crippen LogP contribution is -1.84. The fraction of sp³-hybridized carbons (Fsp3) is 0.571. The van der Waals surface area contributed by atoms with Crippen LogP contribution in [0.1, 0.15) is 182 Å². The maximum absolute atomic E-state index is 4.63. The molecule has 0 saturated carbocycles. The van der Waals surface area contributed by atoms with Gasteiger partial charge in [-0.3, -0.25) is 0 Å². The number of thiazole rings is 4. The predicted octanol–water partition coefficient (Wildman–Crippen LogP) is 15.0. The normalized spacial score (nSPS) is 12.1. The third kappa shape index (κ3) is 17.3. The molecule has 0 atom stereocenters. The van der Waals surface area contributed by atoms with Crippen molar-refractivity contribution >= 4 is 81.8 Å². The van der Waals surface area contributed by atoms with E-state index in [2.05, 4.69) is 82.6 Å². The van der Waals surface area contributed by atoms with Crippen LogP contribution in [0.25, 0.3) is 36.5 Å². The van der Waals surface area contributed by atoms with Crippen molar-refractivity contribution in [2.45, 2.75) is 155 Å². The summed E-state index contributed by atoms with van der Waals surface area (Å²) in [7, 11) is 0. The molecule has 0 saturated heterocycles. The Morgan fingerprint density at radius 2 is 0.660 bits per heavy atom. The van der Waals surface area contributed by atoms with Gasteiger partial charge in [0.25, 0.3) is 0 Å². The van der Waals surface area contributed by atoms with Crippen LogP contribution < -0.4 is 0 Å². The lowest BCUT2D eigenvalue weighted by atomic mass is 10.1. The first kappa shape index (κ1) is 40.5. The van der Waals surface area contributed by atoms with Gasteiger partial charge in [-0.1, -0.05) is 129 Å². The van der Waals surface area contributed by atoms with E-state index in [9.17, 15) is 0 Å². The van der Waals surface area contributed by atoms with Gasteiger partial charge in [0, 0.05) is 44.3 Å². The van der Waals surface area contributed by atoms with E-state index in [1.807, 2.05) is 35.1 Å². The van der Waals surface area contributed by atoms with Gasteiger partial charge in [0.1, 0.15) is 20.0 Å². The molecule has 0 aliphatic rings. The second-order valence-corrected chi connectivity index (χ2v) is 17.9. The zero-order chi connectivity index (χ0) is 34.9. The molecular formula is C42H60N4S4. The Bertz CT molecular complexity index is 1410. The molecule has 0 bridgehead atoms. The lowest BCUT2D eigenvalue weighted by molar-refractivity contribution is 0.557. The largest absolute Gasteiger partial charge is 0.245 e. The summed E-state index contributed by atoms with van der Waals surface area (Å²) >= 11 is 7.00. The molecule has 0 spiro atoms. The average Bonchev–Trinajstić information content (AvgIpc) is 3.96. The summed E-state index contributed by atoms with van der Waals surface area (Å²) in [6.07, 6.45) is 50.5. The molecule has 0 N–H and O–H groups in total. The zero-order valence-corrected chi connectivity index (χ0v) is 34.0. The number of nitrogens with zero attached hydrogens (tertiary/aromatic N) is 4. The highest BCUT2D eigenvalue weighted by molar-refractivity contribution is 7.15. The van der Waals surface area contributed by atoms with Crippen LogP contribution in [0, 0.1) is 0 Å². The monoisotopic (exact) mass is 748 g/mol. The number of unbranched alkanes of at least 4 members (excludes halogenated alkanes) is 18. The Morgan fingerprint density at radius 3 is 1.02 bits per heavy atom. The number of aryl methyl sites for hydroxylation is 2. The molecule has 0 fully saturated rings. The van der Waals surface area contributed by atoms with E-state index in [0.717, 1.165) is 42.6 Å². The molecule has 0 radical (unpaired) electrons. The molecule has 50 heavy (non-hydrogen) atoms. The second-order valence-electron chi connectivity index (χ2n) is 13.4. The van der Waals surface area contributed by atoms with Crippen LogP contribution in [0.5, 0.6) is 0 Å². The van der Waals surface area contributed by atoms with Gasteiger partial charge in [-0.2, -0.15) is 0 Å². The minimum Gasteiger partial charge on any atom is -0.245 e. The summed E-state index contributed by atoms with van der Waals surface area (Å²) in [5.74, 6) is 0. The molecule has 8 heteroatoms. The van der Waals surface area contributed by atoms with E-state index >= 15 is 0 Å². The minimum absolute atomic E-state index is 1.00. The van der Waals surface area contributed by atoms with Crippen LogP contribution in [0.15, 0.2) is 24.8 Å². The average molecular weight is 749 g/mol. The van der Waals surface area contributed by atoms with Crippen molar-refractivity contribution in [2.75, 3.05) is 0 Å². The number of hydrogen-bond donors (Lipinski definition) is 0. The predicted molar refractivity (Wildman–Crippen MR) is 226 cm³/mol. The topological polar surface area (TPSA) is 51.6 Å². The third-order valence-corrected chi connectivity index (χ3v) is 12.8. The standard InChI is InChI=1S/C42H60N4S4/c1-3-5-7-9-11-13-15-17-19-21-23-35-31-43-39(47-35)27-29-41-45-33-37(49-41)25-26-38-34-46-42(50-38)30-28-40-44-32-36(48-40)24-22-20-18-16-14-12-10-8-6-4-2/h25-34H,3-24H2,1-2H3. The summed E-state index contributed by atoms with van der Waals surface area (Å²) in [4.78, 5) is 23.5. The molecule has 0 unspecified atom stereocenters. The molecule has 0 aliphatic heterocycles. The number of aromatic nitrogens is 4. The number of rotatable bonds is 28. The van der Waals surface area contributed by atoms with Gasteiger partial charge < -0.3 is 0 Å². The minimum atomic E-state index is 1.00.